The summed E-state index contributed by atoms with van der Waals surface area (Å²) in [6.07, 6.45) is -0.398. The Morgan fingerprint density at radius 2 is 1.54 bits per heavy atom. The van der Waals surface area contributed by atoms with Gasteiger partial charge in [0.1, 0.15) is 11.9 Å². The summed E-state index contributed by atoms with van der Waals surface area (Å²) in [5.74, 6) is -0.998. The predicted octanol–water partition coefficient (Wildman–Crippen LogP) is 4.66. The first-order valence-corrected chi connectivity index (χ1v) is 11.3. The van der Waals surface area contributed by atoms with Gasteiger partial charge in [0.2, 0.25) is 5.75 Å². The van der Waals surface area contributed by atoms with E-state index in [0.717, 1.165) is 5.56 Å². The van der Waals surface area contributed by atoms with Crippen LogP contribution in [0.2, 0.25) is 0 Å². The van der Waals surface area contributed by atoms with E-state index in [1.165, 1.54) is 33.9 Å². The Morgan fingerprint density at radius 3 is 2.14 bits per heavy atom. The van der Waals surface area contributed by atoms with Crippen LogP contribution in [0.25, 0.3) is 0 Å². The van der Waals surface area contributed by atoms with Crippen molar-refractivity contribution in [2.24, 2.45) is 0 Å². The second-order valence-corrected chi connectivity index (χ2v) is 8.33. The summed E-state index contributed by atoms with van der Waals surface area (Å²) < 4.78 is 41.7. The number of carbonyl (C=O) groups is 3. The number of benzene rings is 2. The number of alkyl halides is 1. The highest BCUT2D eigenvalue weighted by atomic mass is 19.1. The molecule has 0 saturated carbocycles. The fourth-order valence-corrected chi connectivity index (χ4v) is 3.98. The van der Waals surface area contributed by atoms with Crippen LogP contribution in [0.3, 0.4) is 0 Å². The highest BCUT2D eigenvalue weighted by molar-refractivity contribution is 5.75. The standard InChI is InChI=1S/C26H29FO8/c1-15(28)32-21-8-5-18(6-9-21)7-10-22-13-20(27)14-23(35-22)19-11-24(31-4)26(34-17(3)30)25(12-19)33-16(2)29/h5-6,8-9,11-12,20,22-23H,7,10,13-14H2,1-4H3/t20-,22+,23+/m1/s1. The second-order valence-electron chi connectivity index (χ2n) is 8.33. The Bertz CT molecular complexity index is 1070. The van der Waals surface area contributed by atoms with Gasteiger partial charge in [0.05, 0.1) is 19.3 Å². The molecular weight excluding hydrogens is 459 g/mol. The highest BCUT2D eigenvalue weighted by Crippen LogP contribution is 2.44. The summed E-state index contributed by atoms with van der Waals surface area (Å²) in [6, 6.07) is 10.2. The van der Waals surface area contributed by atoms with E-state index in [4.69, 9.17) is 23.7 Å². The lowest BCUT2D eigenvalue weighted by Crippen LogP contribution is -2.29. The number of halogens is 1. The van der Waals surface area contributed by atoms with Gasteiger partial charge in [0.25, 0.3) is 0 Å². The van der Waals surface area contributed by atoms with E-state index in [1.54, 1.807) is 18.2 Å². The van der Waals surface area contributed by atoms with Crippen molar-refractivity contribution in [2.75, 3.05) is 7.11 Å². The van der Waals surface area contributed by atoms with Crippen molar-refractivity contribution in [3.8, 4) is 23.0 Å². The van der Waals surface area contributed by atoms with E-state index < -0.39 is 24.2 Å². The van der Waals surface area contributed by atoms with Gasteiger partial charge in [0.15, 0.2) is 11.5 Å². The number of rotatable bonds is 8. The van der Waals surface area contributed by atoms with Crippen LogP contribution in [0, 0.1) is 0 Å². The first kappa shape index (κ1) is 26.2. The van der Waals surface area contributed by atoms with Crippen LogP contribution in [0.5, 0.6) is 23.0 Å². The third-order valence-corrected chi connectivity index (χ3v) is 5.42. The van der Waals surface area contributed by atoms with Gasteiger partial charge in [-0.25, -0.2) is 4.39 Å². The zero-order chi connectivity index (χ0) is 25.5. The minimum absolute atomic E-state index is 0.00366. The van der Waals surface area contributed by atoms with Gasteiger partial charge in [-0.15, -0.1) is 0 Å². The fourth-order valence-electron chi connectivity index (χ4n) is 3.98. The van der Waals surface area contributed by atoms with E-state index in [-0.39, 0.29) is 42.2 Å². The minimum atomic E-state index is -1.08. The van der Waals surface area contributed by atoms with E-state index in [1.807, 2.05) is 12.1 Å². The first-order chi connectivity index (χ1) is 16.6. The Hall–Kier alpha value is -3.46. The lowest BCUT2D eigenvalue weighted by atomic mass is 9.93. The topological polar surface area (TPSA) is 97.4 Å². The maximum atomic E-state index is 14.7. The van der Waals surface area contributed by atoms with Crippen molar-refractivity contribution in [2.45, 2.75) is 64.8 Å². The molecule has 3 rings (SSSR count). The summed E-state index contributed by atoms with van der Waals surface area (Å²) in [6.45, 7) is 3.78. The quantitative estimate of drug-likeness (QED) is 0.391. The van der Waals surface area contributed by atoms with Gasteiger partial charge in [-0.1, -0.05) is 12.1 Å². The van der Waals surface area contributed by atoms with Crippen LogP contribution in [-0.2, 0) is 25.5 Å². The summed E-state index contributed by atoms with van der Waals surface area (Å²) in [7, 11) is 1.39. The predicted molar refractivity (Wildman–Crippen MR) is 123 cm³/mol. The van der Waals surface area contributed by atoms with Crippen molar-refractivity contribution in [1.29, 1.82) is 0 Å². The van der Waals surface area contributed by atoms with Gasteiger partial charge in [-0.3, -0.25) is 14.4 Å². The molecule has 0 aliphatic carbocycles. The molecule has 0 aromatic heterocycles. The van der Waals surface area contributed by atoms with Crippen molar-refractivity contribution in [3.05, 3.63) is 47.5 Å². The van der Waals surface area contributed by atoms with Crippen LogP contribution in [0.15, 0.2) is 36.4 Å². The third-order valence-electron chi connectivity index (χ3n) is 5.42. The summed E-state index contributed by atoms with van der Waals surface area (Å²) in [5, 5.41) is 0. The number of aryl methyl sites for hydroxylation is 1. The monoisotopic (exact) mass is 488 g/mol. The average molecular weight is 489 g/mol. The van der Waals surface area contributed by atoms with Crippen LogP contribution in [-0.4, -0.2) is 37.3 Å². The van der Waals surface area contributed by atoms with Crippen molar-refractivity contribution >= 4 is 17.9 Å². The molecule has 1 saturated heterocycles. The zero-order valence-corrected chi connectivity index (χ0v) is 20.2. The smallest absolute Gasteiger partial charge is 0.308 e. The Balaban J connectivity index is 1.76. The molecule has 188 valence electrons. The summed E-state index contributed by atoms with van der Waals surface area (Å²) >= 11 is 0. The van der Waals surface area contributed by atoms with Crippen molar-refractivity contribution in [3.63, 3.8) is 0 Å². The normalized spacial score (nSPS) is 19.5. The number of ether oxygens (including phenoxy) is 5. The SMILES string of the molecule is COc1cc([C@@H]2C[C@H](F)C[C@H](CCc3ccc(OC(C)=O)cc3)O2)cc(OC(C)=O)c1OC(C)=O. The number of hydrogen-bond donors (Lipinski definition) is 0. The second kappa shape index (κ2) is 11.8. The molecule has 1 heterocycles. The maximum absolute atomic E-state index is 14.7. The first-order valence-electron chi connectivity index (χ1n) is 11.3. The largest absolute Gasteiger partial charge is 0.493 e. The molecule has 0 amide bonds. The molecule has 2 aromatic rings. The molecule has 1 fully saturated rings. The molecule has 0 bridgehead atoms. The van der Waals surface area contributed by atoms with Gasteiger partial charge in [0, 0.05) is 33.6 Å². The van der Waals surface area contributed by atoms with Gasteiger partial charge >= 0.3 is 17.9 Å². The van der Waals surface area contributed by atoms with E-state index in [0.29, 0.717) is 24.2 Å². The fraction of sp³-hybridized carbons (Fsp3) is 0.423. The molecule has 2 aromatic carbocycles. The van der Waals surface area contributed by atoms with Crippen molar-refractivity contribution < 1.29 is 42.5 Å². The Kier molecular flexibility index (Phi) is 8.81. The number of carbonyl (C=O) groups excluding carboxylic acids is 3. The minimum Gasteiger partial charge on any atom is -0.493 e. The summed E-state index contributed by atoms with van der Waals surface area (Å²) in [5.41, 5.74) is 1.55. The van der Waals surface area contributed by atoms with Crippen LogP contribution in [0.1, 0.15) is 57.3 Å². The molecule has 9 heteroatoms. The van der Waals surface area contributed by atoms with E-state index in [9.17, 15) is 18.8 Å². The maximum Gasteiger partial charge on any atom is 0.308 e. The van der Waals surface area contributed by atoms with Gasteiger partial charge in [-0.2, -0.15) is 0 Å². The lowest BCUT2D eigenvalue weighted by Gasteiger charge is -2.33. The van der Waals surface area contributed by atoms with E-state index in [2.05, 4.69) is 0 Å². The molecule has 35 heavy (non-hydrogen) atoms. The Labute approximate surface area is 203 Å². The van der Waals surface area contributed by atoms with E-state index >= 15 is 0 Å². The highest BCUT2D eigenvalue weighted by Gasteiger charge is 2.32. The third kappa shape index (κ3) is 7.51. The Morgan fingerprint density at radius 1 is 0.914 bits per heavy atom. The molecule has 3 atom stereocenters. The summed E-state index contributed by atoms with van der Waals surface area (Å²) in [4.78, 5) is 34.2. The molecule has 0 spiro atoms. The van der Waals surface area contributed by atoms with Crippen LogP contribution < -0.4 is 18.9 Å². The molecule has 1 aliphatic heterocycles. The molecule has 0 N–H and O–H groups in total. The van der Waals surface area contributed by atoms with Gasteiger partial charge in [-0.05, 0) is 48.2 Å². The zero-order valence-electron chi connectivity index (χ0n) is 20.2. The molecule has 0 unspecified atom stereocenters. The van der Waals surface area contributed by atoms with Crippen LogP contribution >= 0.6 is 0 Å². The number of hydrogen-bond acceptors (Lipinski definition) is 8. The molecular formula is C26H29FO8. The number of methoxy groups -OCH3 is 1. The average Bonchev–Trinajstić information content (AvgIpc) is 2.78. The lowest BCUT2D eigenvalue weighted by molar-refractivity contribution is -0.134. The van der Waals surface area contributed by atoms with Gasteiger partial charge < -0.3 is 23.7 Å². The molecule has 0 radical (unpaired) electrons. The van der Waals surface area contributed by atoms with Crippen molar-refractivity contribution in [1.82, 2.24) is 0 Å². The number of esters is 3. The molecule has 8 nitrogen and oxygen atoms in total. The molecule has 1 aliphatic rings. The van der Waals surface area contributed by atoms with Crippen LogP contribution in [0.4, 0.5) is 4.39 Å².